The minimum atomic E-state index is 1.07. The van der Waals surface area contributed by atoms with Gasteiger partial charge in [0.25, 0.3) is 0 Å². The molecule has 1 aromatic carbocycles. The zero-order chi connectivity index (χ0) is 11.5. The van der Waals surface area contributed by atoms with E-state index in [9.17, 15) is 0 Å². The Morgan fingerprint density at radius 3 is 2.35 bits per heavy atom. The minimum absolute atomic E-state index is 1.07. The van der Waals surface area contributed by atoms with E-state index in [4.69, 9.17) is 0 Å². The molecule has 3 heteroatoms. The molecule has 2 aromatic heterocycles. The molecular formula is C14H11N3. The van der Waals surface area contributed by atoms with Crippen LogP contribution < -0.4 is 0 Å². The van der Waals surface area contributed by atoms with Gasteiger partial charge in [0.2, 0.25) is 0 Å². The first kappa shape index (κ1) is 9.78. The van der Waals surface area contributed by atoms with Crippen molar-refractivity contribution in [2.45, 2.75) is 0 Å². The molecule has 3 rings (SSSR count). The van der Waals surface area contributed by atoms with Crippen molar-refractivity contribution in [3.05, 3.63) is 67.4 Å². The molecule has 0 spiro atoms. The molecule has 0 bridgehead atoms. The van der Waals surface area contributed by atoms with Crippen LogP contribution in [-0.2, 0) is 0 Å². The Balaban J connectivity index is 2.13. The molecule has 0 radical (unpaired) electrons. The van der Waals surface area contributed by atoms with E-state index in [1.807, 2.05) is 42.9 Å². The molecule has 3 aromatic rings. The molecule has 0 saturated carbocycles. The fraction of sp³-hybridized carbons (Fsp3) is 0. The summed E-state index contributed by atoms with van der Waals surface area (Å²) in [4.78, 5) is 8.25. The van der Waals surface area contributed by atoms with Crippen molar-refractivity contribution in [3.8, 4) is 16.9 Å². The lowest BCUT2D eigenvalue weighted by atomic mass is 10.2. The Morgan fingerprint density at radius 2 is 1.59 bits per heavy atom. The van der Waals surface area contributed by atoms with Crippen molar-refractivity contribution in [2.75, 3.05) is 0 Å². The van der Waals surface area contributed by atoms with Crippen molar-refractivity contribution >= 4 is 0 Å². The summed E-state index contributed by atoms with van der Waals surface area (Å²) in [6.45, 7) is 0. The highest BCUT2D eigenvalue weighted by Gasteiger charge is 2.05. The first-order valence-electron chi connectivity index (χ1n) is 5.43. The van der Waals surface area contributed by atoms with Crippen LogP contribution in [-0.4, -0.2) is 14.5 Å². The van der Waals surface area contributed by atoms with E-state index < -0.39 is 0 Å². The summed E-state index contributed by atoms with van der Waals surface area (Å²) in [6, 6.07) is 14.1. The molecule has 0 aliphatic carbocycles. The zero-order valence-corrected chi connectivity index (χ0v) is 9.19. The largest absolute Gasteiger partial charge is 0.299 e. The molecule has 0 unspecified atom stereocenters. The lowest BCUT2D eigenvalue weighted by Crippen LogP contribution is -1.94. The van der Waals surface area contributed by atoms with Gasteiger partial charge in [0.1, 0.15) is 0 Å². The summed E-state index contributed by atoms with van der Waals surface area (Å²) in [5.74, 6) is 0. The van der Waals surface area contributed by atoms with E-state index >= 15 is 0 Å². The Bertz CT molecular complexity index is 546. The molecule has 0 aliphatic heterocycles. The van der Waals surface area contributed by atoms with Crippen molar-refractivity contribution in [1.29, 1.82) is 0 Å². The Kier molecular flexibility index (Phi) is 2.43. The first-order chi connectivity index (χ1) is 8.45. The van der Waals surface area contributed by atoms with Crippen LogP contribution in [0.25, 0.3) is 16.9 Å². The van der Waals surface area contributed by atoms with Crippen LogP contribution in [0, 0.1) is 0 Å². The number of nitrogens with zero attached hydrogens (tertiary/aromatic N) is 3. The van der Waals surface area contributed by atoms with Crippen LogP contribution in [0.4, 0.5) is 0 Å². The van der Waals surface area contributed by atoms with Crippen LogP contribution in [0.15, 0.2) is 67.4 Å². The Hall–Kier alpha value is -2.42. The summed E-state index contributed by atoms with van der Waals surface area (Å²) in [7, 11) is 0. The maximum Gasteiger partial charge on any atom is 0.0997 e. The predicted molar refractivity (Wildman–Crippen MR) is 66.8 cm³/mol. The van der Waals surface area contributed by atoms with Gasteiger partial charge in [-0.2, -0.15) is 0 Å². The smallest absolute Gasteiger partial charge is 0.0997 e. The molecule has 2 heterocycles. The number of rotatable bonds is 2. The molecule has 0 fully saturated rings. The van der Waals surface area contributed by atoms with Gasteiger partial charge in [0.15, 0.2) is 0 Å². The van der Waals surface area contributed by atoms with Gasteiger partial charge in [-0.1, -0.05) is 18.2 Å². The average Bonchev–Trinajstić information content (AvgIpc) is 2.90. The molecule has 0 amide bonds. The van der Waals surface area contributed by atoms with Crippen LogP contribution in [0.5, 0.6) is 0 Å². The molecular weight excluding hydrogens is 210 g/mol. The molecule has 82 valence electrons. The van der Waals surface area contributed by atoms with Gasteiger partial charge in [-0.15, -0.1) is 0 Å². The van der Waals surface area contributed by atoms with E-state index in [1.54, 1.807) is 12.4 Å². The standard InChI is InChI=1S/C14H11N3/c1-2-4-13(5-3-1)17-11-16-10-14(17)12-6-8-15-9-7-12/h1-11H. The highest BCUT2D eigenvalue weighted by Crippen LogP contribution is 2.21. The van der Waals surface area contributed by atoms with E-state index in [0.29, 0.717) is 0 Å². The molecule has 0 N–H and O–H groups in total. The SMILES string of the molecule is c1ccc(-n2cncc2-c2ccncc2)cc1. The van der Waals surface area contributed by atoms with Gasteiger partial charge < -0.3 is 0 Å². The summed E-state index contributed by atoms with van der Waals surface area (Å²) in [5.41, 5.74) is 3.29. The van der Waals surface area contributed by atoms with Crippen LogP contribution in [0.1, 0.15) is 0 Å². The third-order valence-corrected chi connectivity index (χ3v) is 2.65. The van der Waals surface area contributed by atoms with Crippen LogP contribution in [0.2, 0.25) is 0 Å². The number of aromatic nitrogens is 3. The number of pyridine rings is 1. The molecule has 0 saturated heterocycles. The van der Waals surface area contributed by atoms with Gasteiger partial charge in [-0.25, -0.2) is 4.98 Å². The highest BCUT2D eigenvalue weighted by molar-refractivity contribution is 5.60. The van der Waals surface area contributed by atoms with Gasteiger partial charge >= 0.3 is 0 Å². The summed E-state index contributed by atoms with van der Waals surface area (Å²) < 4.78 is 2.06. The predicted octanol–water partition coefficient (Wildman–Crippen LogP) is 2.93. The van der Waals surface area contributed by atoms with E-state index in [2.05, 4.69) is 26.7 Å². The van der Waals surface area contributed by atoms with E-state index in [-0.39, 0.29) is 0 Å². The van der Waals surface area contributed by atoms with E-state index in [1.165, 1.54) is 0 Å². The monoisotopic (exact) mass is 221 g/mol. The molecule has 0 aliphatic rings. The lowest BCUT2D eigenvalue weighted by molar-refractivity contribution is 1.06. The second kappa shape index (κ2) is 4.22. The van der Waals surface area contributed by atoms with Crippen LogP contribution in [0.3, 0.4) is 0 Å². The zero-order valence-electron chi connectivity index (χ0n) is 9.19. The summed E-state index contributed by atoms with van der Waals surface area (Å²) in [6.07, 6.45) is 7.27. The van der Waals surface area contributed by atoms with Crippen LogP contribution >= 0.6 is 0 Å². The van der Waals surface area contributed by atoms with Crippen molar-refractivity contribution in [1.82, 2.24) is 14.5 Å². The normalized spacial score (nSPS) is 10.4. The Labute approximate surface area is 99.4 Å². The fourth-order valence-electron chi connectivity index (χ4n) is 1.83. The second-order valence-electron chi connectivity index (χ2n) is 3.72. The van der Waals surface area contributed by atoms with Gasteiger partial charge in [0.05, 0.1) is 18.2 Å². The van der Waals surface area contributed by atoms with Crippen molar-refractivity contribution < 1.29 is 0 Å². The van der Waals surface area contributed by atoms with Gasteiger partial charge in [-0.05, 0) is 24.3 Å². The Morgan fingerprint density at radius 1 is 0.824 bits per heavy atom. The quantitative estimate of drug-likeness (QED) is 0.666. The van der Waals surface area contributed by atoms with Gasteiger partial charge in [-0.3, -0.25) is 9.55 Å². The third-order valence-electron chi connectivity index (χ3n) is 2.65. The topological polar surface area (TPSA) is 30.7 Å². The summed E-state index contributed by atoms with van der Waals surface area (Å²) >= 11 is 0. The number of benzene rings is 1. The second-order valence-corrected chi connectivity index (χ2v) is 3.72. The first-order valence-corrected chi connectivity index (χ1v) is 5.43. The molecule has 0 atom stereocenters. The lowest BCUT2D eigenvalue weighted by Gasteiger charge is -2.07. The third kappa shape index (κ3) is 1.83. The van der Waals surface area contributed by atoms with Crippen molar-refractivity contribution in [2.24, 2.45) is 0 Å². The average molecular weight is 221 g/mol. The molecule has 3 nitrogen and oxygen atoms in total. The molecule has 17 heavy (non-hydrogen) atoms. The van der Waals surface area contributed by atoms with Crippen molar-refractivity contribution in [3.63, 3.8) is 0 Å². The number of imidazole rings is 1. The number of hydrogen-bond donors (Lipinski definition) is 0. The minimum Gasteiger partial charge on any atom is -0.299 e. The maximum atomic E-state index is 4.22. The fourth-order valence-corrected chi connectivity index (χ4v) is 1.83. The van der Waals surface area contributed by atoms with E-state index in [0.717, 1.165) is 16.9 Å². The highest BCUT2D eigenvalue weighted by atomic mass is 15.0. The maximum absolute atomic E-state index is 4.22. The number of hydrogen-bond acceptors (Lipinski definition) is 2. The van der Waals surface area contributed by atoms with Gasteiger partial charge in [0, 0.05) is 23.6 Å². The number of para-hydroxylation sites is 1. The summed E-state index contributed by atoms with van der Waals surface area (Å²) in [5, 5.41) is 0.